The summed E-state index contributed by atoms with van der Waals surface area (Å²) in [6.45, 7) is 0. The minimum Gasteiger partial charge on any atom is -0.325 e. The van der Waals surface area contributed by atoms with Gasteiger partial charge < -0.3 is 5.32 Å². The van der Waals surface area contributed by atoms with Gasteiger partial charge in [0.25, 0.3) is 0 Å². The van der Waals surface area contributed by atoms with Crippen LogP contribution in [-0.2, 0) is 4.79 Å². The standard InChI is InChI=1S/C13H14N4OS/c18-13(12-7-19-8-14-12)16-10-3-1-9(2-4-10)11-5-6-15-17-11/h1-6,12,14H,7-8H2,(H,15,17)(H,16,18). The summed E-state index contributed by atoms with van der Waals surface area (Å²) in [5.74, 6) is 1.70. The largest absolute Gasteiger partial charge is 0.325 e. The van der Waals surface area contributed by atoms with Crippen LogP contribution in [0, 0.1) is 0 Å². The molecule has 1 aromatic heterocycles. The fourth-order valence-corrected chi connectivity index (χ4v) is 2.88. The van der Waals surface area contributed by atoms with Crippen LogP contribution in [0.2, 0.25) is 0 Å². The van der Waals surface area contributed by atoms with Crippen LogP contribution in [0.4, 0.5) is 5.69 Å². The summed E-state index contributed by atoms with van der Waals surface area (Å²) in [4.78, 5) is 11.9. The second kappa shape index (κ2) is 5.46. The molecule has 1 aliphatic rings. The van der Waals surface area contributed by atoms with E-state index in [0.717, 1.165) is 28.6 Å². The number of amides is 1. The van der Waals surface area contributed by atoms with Gasteiger partial charge in [0.2, 0.25) is 5.91 Å². The molecular formula is C13H14N4OS. The lowest BCUT2D eigenvalue weighted by Crippen LogP contribution is -2.37. The van der Waals surface area contributed by atoms with E-state index in [-0.39, 0.29) is 11.9 Å². The molecule has 2 aromatic rings. The number of benzene rings is 1. The first kappa shape index (κ1) is 12.3. The molecule has 1 fully saturated rings. The molecule has 19 heavy (non-hydrogen) atoms. The minimum atomic E-state index is -0.0858. The first-order valence-electron chi connectivity index (χ1n) is 6.05. The molecule has 6 heteroatoms. The molecule has 1 unspecified atom stereocenters. The Morgan fingerprint density at radius 3 is 2.79 bits per heavy atom. The molecule has 0 radical (unpaired) electrons. The molecule has 5 nitrogen and oxygen atoms in total. The Kier molecular flexibility index (Phi) is 3.52. The van der Waals surface area contributed by atoms with E-state index in [9.17, 15) is 4.79 Å². The predicted octanol–water partition coefficient (Wildman–Crippen LogP) is 1.68. The van der Waals surface area contributed by atoms with Crippen molar-refractivity contribution in [3.63, 3.8) is 0 Å². The number of rotatable bonds is 3. The Morgan fingerprint density at radius 1 is 1.32 bits per heavy atom. The second-order valence-electron chi connectivity index (χ2n) is 4.31. The van der Waals surface area contributed by atoms with Crippen LogP contribution in [0.25, 0.3) is 11.3 Å². The topological polar surface area (TPSA) is 69.8 Å². The number of carbonyl (C=O) groups is 1. The van der Waals surface area contributed by atoms with Crippen LogP contribution >= 0.6 is 11.8 Å². The maximum atomic E-state index is 11.9. The van der Waals surface area contributed by atoms with Crippen molar-refractivity contribution in [2.75, 3.05) is 16.9 Å². The Balaban J connectivity index is 1.67. The molecule has 2 heterocycles. The summed E-state index contributed by atoms with van der Waals surface area (Å²) < 4.78 is 0. The zero-order valence-electron chi connectivity index (χ0n) is 10.2. The second-order valence-corrected chi connectivity index (χ2v) is 5.34. The molecule has 1 aromatic carbocycles. The SMILES string of the molecule is O=C(Nc1ccc(-c2ccn[nH]2)cc1)C1CSCN1. The van der Waals surface area contributed by atoms with Gasteiger partial charge in [-0.25, -0.2) is 0 Å². The lowest BCUT2D eigenvalue weighted by atomic mass is 10.1. The summed E-state index contributed by atoms with van der Waals surface area (Å²) in [6.07, 6.45) is 1.72. The smallest absolute Gasteiger partial charge is 0.242 e. The van der Waals surface area contributed by atoms with Crippen molar-refractivity contribution in [2.45, 2.75) is 6.04 Å². The molecule has 3 N–H and O–H groups in total. The molecule has 1 saturated heterocycles. The number of carbonyl (C=O) groups excluding carboxylic acids is 1. The summed E-state index contributed by atoms with van der Waals surface area (Å²) in [5.41, 5.74) is 2.82. The third-order valence-corrected chi connectivity index (χ3v) is 3.94. The number of thioether (sulfide) groups is 1. The Morgan fingerprint density at radius 2 is 2.16 bits per heavy atom. The third kappa shape index (κ3) is 2.80. The van der Waals surface area contributed by atoms with Crippen LogP contribution in [0.15, 0.2) is 36.5 Å². The Hall–Kier alpha value is -1.79. The van der Waals surface area contributed by atoms with Crippen molar-refractivity contribution >= 4 is 23.4 Å². The fourth-order valence-electron chi connectivity index (χ4n) is 1.94. The van der Waals surface area contributed by atoms with Gasteiger partial charge in [0.05, 0.1) is 11.7 Å². The van der Waals surface area contributed by atoms with Gasteiger partial charge in [0.15, 0.2) is 0 Å². The number of nitrogens with one attached hydrogen (secondary N) is 3. The highest BCUT2D eigenvalue weighted by molar-refractivity contribution is 7.99. The minimum absolute atomic E-state index is 0.0271. The lowest BCUT2D eigenvalue weighted by molar-refractivity contribution is -0.117. The van der Waals surface area contributed by atoms with Crippen molar-refractivity contribution in [1.29, 1.82) is 0 Å². The van der Waals surface area contributed by atoms with Crippen molar-refractivity contribution < 1.29 is 4.79 Å². The fraction of sp³-hybridized carbons (Fsp3) is 0.231. The van der Waals surface area contributed by atoms with E-state index in [1.165, 1.54) is 0 Å². The van der Waals surface area contributed by atoms with Crippen molar-refractivity contribution in [2.24, 2.45) is 0 Å². The average Bonchev–Trinajstić information content (AvgIpc) is 3.13. The van der Waals surface area contributed by atoms with Crippen LogP contribution in [-0.4, -0.2) is 33.8 Å². The van der Waals surface area contributed by atoms with Gasteiger partial charge in [-0.3, -0.25) is 15.2 Å². The number of nitrogens with zero attached hydrogens (tertiary/aromatic N) is 1. The van der Waals surface area contributed by atoms with Gasteiger partial charge in [0.1, 0.15) is 0 Å². The summed E-state index contributed by atoms with van der Waals surface area (Å²) in [5, 5.41) is 12.9. The highest BCUT2D eigenvalue weighted by Gasteiger charge is 2.22. The number of aromatic amines is 1. The molecule has 0 saturated carbocycles. The molecule has 1 amide bonds. The molecule has 1 atom stereocenters. The highest BCUT2D eigenvalue weighted by Crippen LogP contribution is 2.19. The monoisotopic (exact) mass is 274 g/mol. The van der Waals surface area contributed by atoms with Crippen LogP contribution < -0.4 is 10.6 Å². The van der Waals surface area contributed by atoms with Gasteiger partial charge in [-0.15, -0.1) is 11.8 Å². The number of anilines is 1. The Bertz CT molecular complexity index is 547. The van der Waals surface area contributed by atoms with Crippen LogP contribution in [0.1, 0.15) is 0 Å². The maximum absolute atomic E-state index is 11.9. The average molecular weight is 274 g/mol. The van der Waals surface area contributed by atoms with Gasteiger partial charge >= 0.3 is 0 Å². The van der Waals surface area contributed by atoms with E-state index < -0.39 is 0 Å². The summed E-state index contributed by atoms with van der Waals surface area (Å²) in [7, 11) is 0. The zero-order chi connectivity index (χ0) is 13.1. The van der Waals surface area contributed by atoms with E-state index in [4.69, 9.17) is 0 Å². The molecule has 0 bridgehead atoms. The van der Waals surface area contributed by atoms with Gasteiger partial charge in [0, 0.05) is 23.5 Å². The van der Waals surface area contributed by atoms with Crippen molar-refractivity contribution in [1.82, 2.24) is 15.5 Å². The van der Waals surface area contributed by atoms with Crippen LogP contribution in [0.3, 0.4) is 0 Å². The molecule has 98 valence electrons. The first-order valence-corrected chi connectivity index (χ1v) is 7.20. The van der Waals surface area contributed by atoms with Gasteiger partial charge in [-0.2, -0.15) is 5.10 Å². The van der Waals surface area contributed by atoms with Gasteiger partial charge in [-0.1, -0.05) is 12.1 Å². The predicted molar refractivity (Wildman–Crippen MR) is 76.9 cm³/mol. The summed E-state index contributed by atoms with van der Waals surface area (Å²) in [6, 6.07) is 9.54. The Labute approximate surface area is 115 Å². The number of aromatic nitrogens is 2. The molecule has 0 aliphatic carbocycles. The quantitative estimate of drug-likeness (QED) is 0.796. The maximum Gasteiger partial charge on any atom is 0.242 e. The van der Waals surface area contributed by atoms with E-state index in [0.29, 0.717) is 0 Å². The third-order valence-electron chi connectivity index (χ3n) is 3.00. The van der Waals surface area contributed by atoms with Gasteiger partial charge in [-0.05, 0) is 23.8 Å². The van der Waals surface area contributed by atoms with E-state index in [1.807, 2.05) is 30.3 Å². The molecular weight excluding hydrogens is 260 g/mol. The van der Waals surface area contributed by atoms with E-state index in [2.05, 4.69) is 20.8 Å². The number of hydrogen-bond acceptors (Lipinski definition) is 4. The zero-order valence-corrected chi connectivity index (χ0v) is 11.0. The number of hydrogen-bond donors (Lipinski definition) is 3. The molecule has 3 rings (SSSR count). The normalized spacial score (nSPS) is 18.4. The van der Waals surface area contributed by atoms with E-state index in [1.54, 1.807) is 18.0 Å². The van der Waals surface area contributed by atoms with Crippen LogP contribution in [0.5, 0.6) is 0 Å². The first-order chi connectivity index (χ1) is 9.33. The van der Waals surface area contributed by atoms with Crippen molar-refractivity contribution in [3.8, 4) is 11.3 Å². The summed E-state index contributed by atoms with van der Waals surface area (Å²) >= 11 is 1.74. The molecule has 1 aliphatic heterocycles. The lowest BCUT2D eigenvalue weighted by Gasteiger charge is -2.10. The number of H-pyrrole nitrogens is 1. The highest BCUT2D eigenvalue weighted by atomic mass is 32.2. The molecule has 0 spiro atoms. The van der Waals surface area contributed by atoms with E-state index >= 15 is 0 Å². The van der Waals surface area contributed by atoms with Crippen molar-refractivity contribution in [3.05, 3.63) is 36.5 Å².